The summed E-state index contributed by atoms with van der Waals surface area (Å²) in [6.45, 7) is 10.6. The fourth-order valence-corrected chi connectivity index (χ4v) is 5.47. The SMILES string of the molecule is CCCn1c(C)cc(/C=C(\C#N)C(=O)OC(C)C(=O)NC(C)C2CC3CCC2C3)c1C. The minimum Gasteiger partial charge on any atom is -0.448 e. The smallest absolute Gasteiger partial charge is 0.349 e. The highest BCUT2D eigenvalue weighted by Gasteiger charge is 2.42. The van der Waals surface area contributed by atoms with E-state index in [1.807, 2.05) is 32.9 Å². The first kappa shape index (κ1) is 23.1. The number of amides is 1. The van der Waals surface area contributed by atoms with Crippen molar-refractivity contribution in [3.63, 3.8) is 0 Å². The van der Waals surface area contributed by atoms with Gasteiger partial charge in [0.1, 0.15) is 11.6 Å². The molecule has 2 aliphatic rings. The van der Waals surface area contributed by atoms with Crippen LogP contribution in [-0.4, -0.2) is 28.6 Å². The van der Waals surface area contributed by atoms with E-state index in [0.29, 0.717) is 11.8 Å². The van der Waals surface area contributed by atoms with Crippen LogP contribution in [0.3, 0.4) is 0 Å². The van der Waals surface area contributed by atoms with E-state index in [1.54, 1.807) is 13.0 Å². The molecule has 1 amide bonds. The maximum absolute atomic E-state index is 12.6. The lowest BCUT2D eigenvalue weighted by Crippen LogP contribution is -2.45. The first-order chi connectivity index (χ1) is 14.7. The molecule has 2 bridgehead atoms. The molecule has 3 rings (SSSR count). The van der Waals surface area contributed by atoms with Crippen LogP contribution in [0.25, 0.3) is 6.08 Å². The van der Waals surface area contributed by atoms with Crippen LogP contribution in [-0.2, 0) is 20.9 Å². The summed E-state index contributed by atoms with van der Waals surface area (Å²) in [6, 6.07) is 3.96. The van der Waals surface area contributed by atoms with Crippen LogP contribution in [0.4, 0.5) is 0 Å². The first-order valence-electron chi connectivity index (χ1n) is 11.5. The Balaban J connectivity index is 1.61. The fraction of sp³-hybridized carbons (Fsp3) is 0.640. The van der Waals surface area contributed by atoms with Gasteiger partial charge in [-0.1, -0.05) is 13.3 Å². The van der Waals surface area contributed by atoms with Crippen molar-refractivity contribution in [2.45, 2.75) is 85.4 Å². The van der Waals surface area contributed by atoms with Crippen LogP contribution in [0.5, 0.6) is 0 Å². The number of rotatable bonds is 8. The molecule has 2 fully saturated rings. The van der Waals surface area contributed by atoms with Crippen molar-refractivity contribution in [2.75, 3.05) is 0 Å². The van der Waals surface area contributed by atoms with Gasteiger partial charge in [-0.05, 0) is 88.8 Å². The Hall–Kier alpha value is -2.55. The van der Waals surface area contributed by atoms with Gasteiger partial charge in [0.15, 0.2) is 6.10 Å². The number of aryl methyl sites for hydroxylation is 1. The maximum Gasteiger partial charge on any atom is 0.349 e. The lowest BCUT2D eigenvalue weighted by Gasteiger charge is -2.29. The quantitative estimate of drug-likeness (QED) is 0.382. The molecule has 1 N–H and O–H groups in total. The summed E-state index contributed by atoms with van der Waals surface area (Å²) in [4.78, 5) is 25.2. The van der Waals surface area contributed by atoms with E-state index < -0.39 is 12.1 Å². The van der Waals surface area contributed by atoms with E-state index in [-0.39, 0.29) is 17.5 Å². The van der Waals surface area contributed by atoms with Gasteiger partial charge in [0.2, 0.25) is 0 Å². The molecule has 5 atom stereocenters. The number of nitrogens with zero attached hydrogens (tertiary/aromatic N) is 2. The van der Waals surface area contributed by atoms with Crippen LogP contribution in [0.1, 0.15) is 69.8 Å². The molecule has 6 nitrogen and oxygen atoms in total. The minimum absolute atomic E-state index is 0.0684. The summed E-state index contributed by atoms with van der Waals surface area (Å²) < 4.78 is 7.50. The predicted octanol–water partition coefficient (Wildman–Crippen LogP) is 4.29. The van der Waals surface area contributed by atoms with E-state index in [9.17, 15) is 14.9 Å². The zero-order valence-electron chi connectivity index (χ0n) is 19.4. The highest BCUT2D eigenvalue weighted by Crippen LogP contribution is 2.49. The number of esters is 1. The van der Waals surface area contributed by atoms with Crippen molar-refractivity contribution in [2.24, 2.45) is 17.8 Å². The fourth-order valence-electron chi connectivity index (χ4n) is 5.47. The molecule has 1 aromatic heterocycles. The average Bonchev–Trinajstić information content (AvgIpc) is 3.43. The summed E-state index contributed by atoms with van der Waals surface area (Å²) >= 11 is 0. The van der Waals surface area contributed by atoms with Gasteiger partial charge in [-0.3, -0.25) is 4.79 Å². The molecule has 31 heavy (non-hydrogen) atoms. The largest absolute Gasteiger partial charge is 0.448 e. The summed E-state index contributed by atoms with van der Waals surface area (Å²) in [6.07, 6.45) is 6.65. The number of hydrogen-bond acceptors (Lipinski definition) is 4. The van der Waals surface area contributed by atoms with Crippen LogP contribution in [0.2, 0.25) is 0 Å². The number of aromatic nitrogens is 1. The van der Waals surface area contributed by atoms with Crippen LogP contribution < -0.4 is 5.32 Å². The first-order valence-corrected chi connectivity index (χ1v) is 11.5. The molecule has 5 unspecified atom stereocenters. The molecule has 0 saturated heterocycles. The number of nitriles is 1. The molecule has 6 heteroatoms. The van der Waals surface area contributed by atoms with Crippen molar-refractivity contribution in [3.05, 3.63) is 28.6 Å². The number of fused-ring (bicyclic) bond motifs is 2. The third kappa shape index (κ3) is 5.03. The molecule has 0 radical (unpaired) electrons. The summed E-state index contributed by atoms with van der Waals surface area (Å²) in [7, 11) is 0. The lowest BCUT2D eigenvalue weighted by atomic mass is 9.84. The van der Waals surface area contributed by atoms with Gasteiger partial charge in [-0.2, -0.15) is 5.26 Å². The van der Waals surface area contributed by atoms with E-state index in [2.05, 4.69) is 16.8 Å². The molecule has 2 saturated carbocycles. The standard InChI is InChI=1S/C25H35N3O3/c1-6-9-28-15(2)10-21(17(28)4)13-22(14-26)25(30)31-18(5)24(29)27-16(3)23-12-19-7-8-20(23)11-19/h10,13,16,18-20,23H,6-9,11-12H2,1-5H3,(H,27,29)/b22-13+. The Morgan fingerprint density at radius 3 is 2.65 bits per heavy atom. The number of carbonyl (C=O) groups is 2. The van der Waals surface area contributed by atoms with Crippen molar-refractivity contribution in [1.82, 2.24) is 9.88 Å². The lowest BCUT2D eigenvalue weighted by molar-refractivity contribution is -0.151. The minimum atomic E-state index is -0.946. The average molecular weight is 426 g/mol. The molecular weight excluding hydrogens is 390 g/mol. The molecule has 0 aromatic carbocycles. The summed E-state index contributed by atoms with van der Waals surface area (Å²) in [5.41, 5.74) is 2.81. The van der Waals surface area contributed by atoms with Gasteiger partial charge >= 0.3 is 5.97 Å². The van der Waals surface area contributed by atoms with Crippen LogP contribution >= 0.6 is 0 Å². The number of carbonyl (C=O) groups excluding carboxylic acids is 2. The van der Waals surface area contributed by atoms with Crippen LogP contribution in [0.15, 0.2) is 11.6 Å². The molecule has 0 spiro atoms. The van der Waals surface area contributed by atoms with Crippen molar-refractivity contribution in [1.29, 1.82) is 5.26 Å². The van der Waals surface area contributed by atoms with Gasteiger partial charge in [0.25, 0.3) is 5.91 Å². The van der Waals surface area contributed by atoms with E-state index in [4.69, 9.17) is 4.74 Å². The number of ether oxygens (including phenoxy) is 1. The highest BCUT2D eigenvalue weighted by molar-refractivity contribution is 5.99. The van der Waals surface area contributed by atoms with Gasteiger partial charge in [-0.25, -0.2) is 4.79 Å². The van der Waals surface area contributed by atoms with Gasteiger partial charge in [0.05, 0.1) is 0 Å². The second-order valence-electron chi connectivity index (χ2n) is 9.33. The zero-order valence-corrected chi connectivity index (χ0v) is 19.4. The molecule has 2 aliphatic carbocycles. The second kappa shape index (κ2) is 9.72. The Kier molecular flexibility index (Phi) is 7.25. The zero-order chi connectivity index (χ0) is 22.7. The third-order valence-electron chi connectivity index (χ3n) is 7.16. The number of hydrogen-bond donors (Lipinski definition) is 1. The Bertz CT molecular complexity index is 908. The Morgan fingerprint density at radius 2 is 2.06 bits per heavy atom. The number of nitrogens with one attached hydrogen (secondary N) is 1. The van der Waals surface area contributed by atoms with Crippen molar-refractivity contribution in [3.8, 4) is 6.07 Å². The molecule has 1 heterocycles. The Morgan fingerprint density at radius 1 is 1.32 bits per heavy atom. The molecule has 168 valence electrons. The van der Waals surface area contributed by atoms with Gasteiger partial charge in [0, 0.05) is 24.0 Å². The molecular formula is C25H35N3O3. The summed E-state index contributed by atoms with van der Waals surface area (Å²) in [5.74, 6) is 0.962. The molecule has 0 aliphatic heterocycles. The topological polar surface area (TPSA) is 84.1 Å². The predicted molar refractivity (Wildman–Crippen MR) is 120 cm³/mol. The van der Waals surface area contributed by atoms with E-state index in [0.717, 1.165) is 35.8 Å². The van der Waals surface area contributed by atoms with E-state index >= 15 is 0 Å². The van der Waals surface area contributed by atoms with Gasteiger partial charge in [-0.15, -0.1) is 0 Å². The second-order valence-corrected chi connectivity index (χ2v) is 9.33. The normalized spacial score (nSPS) is 24.5. The molecule has 1 aromatic rings. The Labute approximate surface area is 185 Å². The third-order valence-corrected chi connectivity index (χ3v) is 7.16. The van der Waals surface area contributed by atoms with E-state index in [1.165, 1.54) is 25.7 Å². The highest BCUT2D eigenvalue weighted by atomic mass is 16.5. The van der Waals surface area contributed by atoms with Crippen LogP contribution in [0, 0.1) is 42.9 Å². The van der Waals surface area contributed by atoms with Crippen molar-refractivity contribution < 1.29 is 14.3 Å². The summed E-state index contributed by atoms with van der Waals surface area (Å²) in [5, 5.41) is 12.5. The van der Waals surface area contributed by atoms with Gasteiger partial charge < -0.3 is 14.6 Å². The van der Waals surface area contributed by atoms with Crippen molar-refractivity contribution >= 4 is 18.0 Å². The maximum atomic E-state index is 12.6. The monoisotopic (exact) mass is 425 g/mol.